The molecule has 0 fully saturated rings. The molecule has 1 heterocycles. The molecule has 0 bridgehead atoms. The lowest BCUT2D eigenvalue weighted by molar-refractivity contribution is 1.05. The van der Waals surface area contributed by atoms with Crippen LogP contribution in [0.2, 0.25) is 0 Å². The maximum absolute atomic E-state index is 5.14. The van der Waals surface area contributed by atoms with E-state index in [9.17, 15) is 0 Å². The third-order valence-corrected chi connectivity index (χ3v) is 3.18. The minimum absolute atomic E-state index is 0.480. The van der Waals surface area contributed by atoms with Crippen molar-refractivity contribution in [2.24, 2.45) is 5.10 Å². The van der Waals surface area contributed by atoms with Crippen molar-refractivity contribution >= 4 is 40.6 Å². The fraction of sp³-hybridized carbons (Fsp3) is 0.0769. The second-order valence-electron chi connectivity index (χ2n) is 3.71. The minimum atomic E-state index is 0.480. The summed E-state index contributed by atoms with van der Waals surface area (Å²) in [6, 6.07) is 12.0. The monoisotopic (exact) mass is 275 g/mol. The zero-order chi connectivity index (χ0) is 12.8. The third-order valence-electron chi connectivity index (χ3n) is 2.18. The number of nitrogens with zero attached hydrogens (tertiary/aromatic N) is 1. The molecule has 0 amide bonds. The van der Waals surface area contributed by atoms with Gasteiger partial charge in [0.05, 0.1) is 6.21 Å². The van der Waals surface area contributed by atoms with Crippen molar-refractivity contribution in [2.45, 2.75) is 6.92 Å². The van der Waals surface area contributed by atoms with Crippen LogP contribution in [0.5, 0.6) is 0 Å². The van der Waals surface area contributed by atoms with Gasteiger partial charge in [0, 0.05) is 10.6 Å². The van der Waals surface area contributed by atoms with E-state index in [0.29, 0.717) is 5.11 Å². The largest absolute Gasteiger partial charge is 0.331 e. The number of thiophene rings is 1. The van der Waals surface area contributed by atoms with Gasteiger partial charge in [0.15, 0.2) is 5.11 Å². The van der Waals surface area contributed by atoms with E-state index >= 15 is 0 Å². The summed E-state index contributed by atoms with van der Waals surface area (Å²) < 4.78 is 0. The summed E-state index contributed by atoms with van der Waals surface area (Å²) in [6.07, 6.45) is 1.74. The quantitative estimate of drug-likeness (QED) is 0.512. The summed E-state index contributed by atoms with van der Waals surface area (Å²) in [6.45, 7) is 2.04. The number of nitrogens with one attached hydrogen (secondary N) is 2. The van der Waals surface area contributed by atoms with Crippen molar-refractivity contribution in [2.75, 3.05) is 5.32 Å². The van der Waals surface area contributed by atoms with E-state index in [2.05, 4.69) is 15.8 Å². The molecule has 0 saturated carbocycles. The lowest BCUT2D eigenvalue weighted by Crippen LogP contribution is -2.23. The van der Waals surface area contributed by atoms with Gasteiger partial charge in [-0.2, -0.15) is 5.10 Å². The number of hydrazone groups is 1. The Balaban J connectivity index is 1.86. The van der Waals surface area contributed by atoms with Crippen molar-refractivity contribution in [3.63, 3.8) is 0 Å². The predicted octanol–water partition coefficient (Wildman–Crippen LogP) is 3.38. The van der Waals surface area contributed by atoms with E-state index in [0.717, 1.165) is 10.6 Å². The highest BCUT2D eigenvalue weighted by Crippen LogP contribution is 2.09. The van der Waals surface area contributed by atoms with Gasteiger partial charge in [-0.1, -0.05) is 18.2 Å². The molecule has 0 aliphatic rings. The zero-order valence-corrected chi connectivity index (χ0v) is 11.5. The van der Waals surface area contributed by atoms with Crippen LogP contribution in [0.15, 0.2) is 46.9 Å². The molecule has 1 aromatic heterocycles. The molecule has 2 aromatic rings. The van der Waals surface area contributed by atoms with Crippen LogP contribution in [0.1, 0.15) is 10.4 Å². The standard InChI is InChI=1S/C13H13N3S2/c1-10-4-2-5-11(8-10)15-13(17)16-14-9-12-6-3-7-18-12/h2-9H,1H3,(H2,15,16,17)/b14-9-. The number of hydrogen-bond donors (Lipinski definition) is 2. The molecule has 92 valence electrons. The zero-order valence-electron chi connectivity index (χ0n) is 9.88. The van der Waals surface area contributed by atoms with Gasteiger partial charge in [0.25, 0.3) is 0 Å². The topological polar surface area (TPSA) is 36.4 Å². The molecule has 2 N–H and O–H groups in total. The summed E-state index contributed by atoms with van der Waals surface area (Å²) >= 11 is 6.77. The highest BCUT2D eigenvalue weighted by atomic mass is 32.1. The molecule has 1 aromatic carbocycles. The average molecular weight is 275 g/mol. The number of thiocarbonyl (C=S) groups is 1. The Morgan fingerprint density at radius 3 is 2.94 bits per heavy atom. The number of rotatable bonds is 3. The smallest absolute Gasteiger partial charge is 0.191 e. The van der Waals surface area contributed by atoms with Crippen LogP contribution in [0.25, 0.3) is 0 Å². The van der Waals surface area contributed by atoms with Crippen LogP contribution in [0, 0.1) is 6.92 Å². The van der Waals surface area contributed by atoms with Gasteiger partial charge in [-0.3, -0.25) is 5.43 Å². The molecule has 0 saturated heterocycles. The first-order valence-corrected chi connectivity index (χ1v) is 6.73. The maximum Gasteiger partial charge on any atom is 0.191 e. The molecule has 18 heavy (non-hydrogen) atoms. The van der Waals surface area contributed by atoms with E-state index in [1.54, 1.807) is 17.6 Å². The second kappa shape index (κ2) is 6.28. The summed E-state index contributed by atoms with van der Waals surface area (Å²) in [5.74, 6) is 0. The Morgan fingerprint density at radius 2 is 2.22 bits per heavy atom. The van der Waals surface area contributed by atoms with Crippen molar-refractivity contribution in [3.8, 4) is 0 Å². The van der Waals surface area contributed by atoms with Crippen molar-refractivity contribution < 1.29 is 0 Å². The molecule has 5 heteroatoms. The van der Waals surface area contributed by atoms with Gasteiger partial charge in [-0.05, 0) is 48.3 Å². The number of aryl methyl sites for hydroxylation is 1. The molecular weight excluding hydrogens is 262 g/mol. The highest BCUT2D eigenvalue weighted by Gasteiger charge is 1.95. The van der Waals surface area contributed by atoms with Crippen LogP contribution in [-0.4, -0.2) is 11.3 Å². The van der Waals surface area contributed by atoms with Crippen molar-refractivity contribution in [3.05, 3.63) is 52.2 Å². The maximum atomic E-state index is 5.14. The number of anilines is 1. The van der Waals surface area contributed by atoms with Gasteiger partial charge in [0.2, 0.25) is 0 Å². The van der Waals surface area contributed by atoms with E-state index in [1.165, 1.54) is 5.56 Å². The molecule has 3 nitrogen and oxygen atoms in total. The summed E-state index contributed by atoms with van der Waals surface area (Å²) in [4.78, 5) is 1.08. The van der Waals surface area contributed by atoms with E-state index < -0.39 is 0 Å². The highest BCUT2D eigenvalue weighted by molar-refractivity contribution is 7.80. The lowest BCUT2D eigenvalue weighted by Gasteiger charge is -2.07. The van der Waals surface area contributed by atoms with Crippen LogP contribution < -0.4 is 10.7 Å². The molecule has 0 unspecified atom stereocenters. The molecule has 0 aliphatic heterocycles. The van der Waals surface area contributed by atoms with Gasteiger partial charge in [-0.15, -0.1) is 11.3 Å². The molecule has 2 rings (SSSR count). The summed E-state index contributed by atoms with van der Waals surface area (Å²) in [5, 5.41) is 9.62. The SMILES string of the molecule is Cc1cccc(NC(=S)N/N=C\c2cccs2)c1. The van der Waals surface area contributed by atoms with E-state index in [-0.39, 0.29) is 0 Å². The molecule has 0 radical (unpaired) electrons. The fourth-order valence-electron chi connectivity index (χ4n) is 1.40. The van der Waals surface area contributed by atoms with Crippen molar-refractivity contribution in [1.82, 2.24) is 5.43 Å². The average Bonchev–Trinajstić information content (AvgIpc) is 2.82. The minimum Gasteiger partial charge on any atom is -0.331 e. The van der Waals surface area contributed by atoms with Gasteiger partial charge < -0.3 is 5.32 Å². The Kier molecular flexibility index (Phi) is 4.44. The van der Waals surface area contributed by atoms with Gasteiger partial charge in [-0.25, -0.2) is 0 Å². The second-order valence-corrected chi connectivity index (χ2v) is 5.10. The van der Waals surface area contributed by atoms with E-state index in [4.69, 9.17) is 12.2 Å². The van der Waals surface area contributed by atoms with Crippen LogP contribution in [-0.2, 0) is 0 Å². The lowest BCUT2D eigenvalue weighted by atomic mass is 10.2. The Hall–Kier alpha value is -1.72. The molecular formula is C13H13N3S2. The fourth-order valence-corrected chi connectivity index (χ4v) is 2.16. The first-order chi connectivity index (χ1) is 8.74. The molecule has 0 aliphatic carbocycles. The van der Waals surface area contributed by atoms with Crippen molar-refractivity contribution in [1.29, 1.82) is 0 Å². The summed E-state index contributed by atoms with van der Waals surface area (Å²) in [7, 11) is 0. The third kappa shape index (κ3) is 3.94. The normalized spacial score (nSPS) is 10.5. The first kappa shape index (κ1) is 12.7. The van der Waals surface area contributed by atoms with Crippen LogP contribution in [0.3, 0.4) is 0 Å². The van der Waals surface area contributed by atoms with E-state index in [1.807, 2.05) is 48.7 Å². The predicted molar refractivity (Wildman–Crippen MR) is 82.4 cm³/mol. The number of benzene rings is 1. The van der Waals surface area contributed by atoms with Crippen LogP contribution >= 0.6 is 23.6 Å². The Labute approximate surface area is 116 Å². The molecule has 0 atom stereocenters. The molecule has 0 spiro atoms. The number of hydrogen-bond acceptors (Lipinski definition) is 3. The Bertz CT molecular complexity index is 547. The van der Waals surface area contributed by atoms with Gasteiger partial charge >= 0.3 is 0 Å². The van der Waals surface area contributed by atoms with Gasteiger partial charge in [0.1, 0.15) is 0 Å². The van der Waals surface area contributed by atoms with Crippen LogP contribution in [0.4, 0.5) is 5.69 Å². The Morgan fingerprint density at radius 1 is 1.33 bits per heavy atom. The first-order valence-electron chi connectivity index (χ1n) is 5.44. The summed E-state index contributed by atoms with van der Waals surface area (Å²) in [5.41, 5.74) is 4.93.